The minimum atomic E-state index is -0.688. The molecule has 2 aliphatic heterocycles. The van der Waals surface area contributed by atoms with Crippen molar-refractivity contribution in [2.24, 2.45) is 16.9 Å². The van der Waals surface area contributed by atoms with Crippen molar-refractivity contribution in [3.8, 4) is 11.5 Å². The Morgan fingerprint density at radius 1 is 0.707 bits per heavy atom. The third-order valence-electron chi connectivity index (χ3n) is 10.1. The highest BCUT2D eigenvalue weighted by molar-refractivity contribution is 6.05. The molecule has 0 atom stereocenters. The minimum absolute atomic E-state index is 0.0599. The number of benzene rings is 2. The zero-order valence-electron chi connectivity index (χ0n) is 32.2. The van der Waals surface area contributed by atoms with Crippen LogP contribution in [0.15, 0.2) is 45.3 Å². The van der Waals surface area contributed by atoms with E-state index < -0.39 is 29.0 Å². The van der Waals surface area contributed by atoms with Crippen molar-refractivity contribution in [2.45, 2.75) is 53.6 Å². The maximum absolute atomic E-state index is 13.7. The number of carbonyl (C=O) groups is 4. The third kappa shape index (κ3) is 6.88. The Kier molecular flexibility index (Phi) is 9.67. The third-order valence-corrected chi connectivity index (χ3v) is 10.1. The van der Waals surface area contributed by atoms with Gasteiger partial charge in [0.15, 0.2) is 11.8 Å². The van der Waals surface area contributed by atoms with E-state index in [0.717, 1.165) is 0 Å². The number of primary amides is 2. The lowest BCUT2D eigenvalue weighted by atomic mass is 9.83. The van der Waals surface area contributed by atoms with Crippen molar-refractivity contribution in [2.75, 3.05) is 36.9 Å². The predicted octanol–water partition coefficient (Wildman–Crippen LogP) is 3.42. The van der Waals surface area contributed by atoms with Crippen molar-refractivity contribution in [1.29, 1.82) is 0 Å². The Labute approximate surface area is 330 Å². The molecule has 0 unspecified atom stereocenters. The Balaban J connectivity index is 1.26. The number of hydrogen-bond acceptors (Lipinski definition) is 13. The molecular formula is C39H41N11O8. The molecule has 8 rings (SSSR count). The number of ether oxygens (including phenoxy) is 2. The summed E-state index contributed by atoms with van der Waals surface area (Å²) in [5.41, 5.74) is 13.9. The largest absolute Gasteiger partial charge is 0.490 e. The monoisotopic (exact) mass is 791 g/mol. The Morgan fingerprint density at radius 3 is 1.50 bits per heavy atom. The number of aryl methyl sites for hydroxylation is 4. The van der Waals surface area contributed by atoms with Gasteiger partial charge in [-0.3, -0.25) is 29.8 Å². The van der Waals surface area contributed by atoms with Gasteiger partial charge >= 0.3 is 0 Å². The average molecular weight is 792 g/mol. The van der Waals surface area contributed by atoms with Crippen LogP contribution in [0.1, 0.15) is 78.8 Å². The molecule has 19 nitrogen and oxygen atoms in total. The van der Waals surface area contributed by atoms with Crippen molar-refractivity contribution in [3.05, 3.63) is 82.2 Å². The Morgan fingerprint density at radius 2 is 1.14 bits per heavy atom. The second-order valence-corrected chi connectivity index (χ2v) is 14.3. The summed E-state index contributed by atoms with van der Waals surface area (Å²) in [5.74, 6) is -0.754. The predicted molar refractivity (Wildman–Crippen MR) is 209 cm³/mol. The summed E-state index contributed by atoms with van der Waals surface area (Å²) in [4.78, 5) is 70.5. The van der Waals surface area contributed by atoms with E-state index in [2.05, 4.69) is 25.9 Å². The fourth-order valence-electron chi connectivity index (χ4n) is 7.15. The van der Waals surface area contributed by atoms with E-state index in [1.165, 1.54) is 0 Å². The number of amides is 4. The molecule has 6 heterocycles. The van der Waals surface area contributed by atoms with Crippen molar-refractivity contribution in [3.63, 3.8) is 0 Å². The molecule has 0 aliphatic carbocycles. The summed E-state index contributed by atoms with van der Waals surface area (Å²) in [7, 11) is 0. The van der Waals surface area contributed by atoms with Crippen LogP contribution in [0.3, 0.4) is 0 Å². The first-order chi connectivity index (χ1) is 27.9. The number of allylic oxidation sites excluding steroid dienone is 2. The SMILES string of the molecule is CCc1nc(C)oc1C(=O)Nc1nc2cc(C(N)=O)cc3c2n1C/C=C\Cn1c(NC(=O)c2oc(C)nc2CC)nc2cc(C(N)=O)cc(c21)OCC1(CNC1)CO3. The van der Waals surface area contributed by atoms with Crippen molar-refractivity contribution in [1.82, 2.24) is 34.4 Å². The molecule has 58 heavy (non-hydrogen) atoms. The molecule has 0 radical (unpaired) electrons. The summed E-state index contributed by atoms with van der Waals surface area (Å²) in [6.07, 6.45) is 4.60. The maximum Gasteiger partial charge on any atom is 0.295 e. The van der Waals surface area contributed by atoms with Crippen LogP contribution >= 0.6 is 0 Å². The van der Waals surface area contributed by atoms with Crippen LogP contribution in [-0.4, -0.2) is 79.0 Å². The number of rotatable bonds is 8. The summed E-state index contributed by atoms with van der Waals surface area (Å²) in [6.45, 7) is 8.66. The van der Waals surface area contributed by atoms with Crippen LogP contribution in [0, 0.1) is 19.3 Å². The van der Waals surface area contributed by atoms with Gasteiger partial charge in [0.05, 0.1) is 41.1 Å². The van der Waals surface area contributed by atoms with E-state index in [0.29, 0.717) is 82.7 Å². The first kappa shape index (κ1) is 37.9. The molecule has 0 saturated carbocycles. The smallest absolute Gasteiger partial charge is 0.295 e. The summed E-state index contributed by atoms with van der Waals surface area (Å²) in [5, 5.41) is 9.04. The van der Waals surface area contributed by atoms with Crippen LogP contribution < -0.4 is 36.9 Å². The topological polar surface area (TPSA) is 263 Å². The molecule has 2 aliphatic rings. The van der Waals surface area contributed by atoms with Gasteiger partial charge in [0.25, 0.3) is 11.8 Å². The van der Waals surface area contributed by atoms with Gasteiger partial charge < -0.3 is 44.2 Å². The molecule has 7 N–H and O–H groups in total. The second kappa shape index (κ2) is 14.8. The molecular weight excluding hydrogens is 750 g/mol. The number of nitrogens with one attached hydrogen (secondary N) is 3. The summed E-state index contributed by atoms with van der Waals surface area (Å²) in [6, 6.07) is 6.19. The van der Waals surface area contributed by atoms with Gasteiger partial charge in [-0.25, -0.2) is 19.9 Å². The van der Waals surface area contributed by atoms with E-state index in [1.54, 1.807) is 47.2 Å². The van der Waals surface area contributed by atoms with Gasteiger partial charge in [-0.2, -0.15) is 0 Å². The van der Waals surface area contributed by atoms with E-state index in [9.17, 15) is 19.2 Å². The fourth-order valence-corrected chi connectivity index (χ4v) is 7.15. The molecule has 19 heteroatoms. The molecule has 6 aromatic rings. The fraction of sp³-hybridized carbons (Fsp3) is 0.333. The lowest BCUT2D eigenvalue weighted by Crippen LogP contribution is -2.59. The minimum Gasteiger partial charge on any atom is -0.490 e. The maximum atomic E-state index is 13.7. The quantitative estimate of drug-likeness (QED) is 0.139. The van der Waals surface area contributed by atoms with Crippen LogP contribution in [-0.2, 0) is 25.9 Å². The van der Waals surface area contributed by atoms with Gasteiger partial charge in [-0.1, -0.05) is 26.0 Å². The molecule has 0 bridgehead atoms. The Bertz CT molecular complexity index is 2500. The number of imidazole rings is 2. The standard InChI is InChI=1S/C39H41N11O8/c1-5-23-31(57-19(3)43-23)35(53)47-37-45-25-11-21(33(40)51)13-27-29(25)49(37)9-7-8-10-50-30-26(46-38(50)48-36(54)32-24(6-2)44-20(4)58-32)12-22(34(41)52)14-28(30)56-18-39(17-55-27)15-42-16-39/h7-8,11-14,42H,5-6,9-10,15-18H2,1-4H3,(H2,40,51)(H2,41,52)(H,45,47,53)(H,46,48,54)/b8-7-. The van der Waals surface area contributed by atoms with Crippen molar-refractivity contribution < 1.29 is 37.5 Å². The molecule has 300 valence electrons. The molecule has 4 aromatic heterocycles. The van der Waals surface area contributed by atoms with E-state index in [-0.39, 0.29) is 60.8 Å². The number of anilines is 2. The highest BCUT2D eigenvalue weighted by Crippen LogP contribution is 2.36. The van der Waals surface area contributed by atoms with Gasteiger partial charge in [0, 0.05) is 51.2 Å². The van der Waals surface area contributed by atoms with Crippen LogP contribution in [0.5, 0.6) is 11.5 Å². The number of carbonyl (C=O) groups excluding carboxylic acids is 4. The van der Waals surface area contributed by atoms with E-state index in [1.807, 2.05) is 26.0 Å². The van der Waals surface area contributed by atoms with E-state index in [4.69, 9.17) is 39.7 Å². The normalized spacial score (nSPS) is 15.5. The van der Waals surface area contributed by atoms with Crippen LogP contribution in [0.25, 0.3) is 22.1 Å². The lowest BCUT2D eigenvalue weighted by molar-refractivity contribution is 0.0321. The zero-order valence-corrected chi connectivity index (χ0v) is 32.2. The summed E-state index contributed by atoms with van der Waals surface area (Å²) >= 11 is 0. The number of hydrogen-bond donors (Lipinski definition) is 5. The van der Waals surface area contributed by atoms with Gasteiger partial charge in [-0.05, 0) is 37.1 Å². The van der Waals surface area contributed by atoms with E-state index >= 15 is 0 Å². The first-order valence-electron chi connectivity index (χ1n) is 18.7. The van der Waals surface area contributed by atoms with Gasteiger partial charge in [0.2, 0.25) is 35.2 Å². The number of aromatic nitrogens is 6. The second-order valence-electron chi connectivity index (χ2n) is 14.3. The highest BCUT2D eigenvalue weighted by atomic mass is 16.5. The highest BCUT2D eigenvalue weighted by Gasteiger charge is 2.40. The van der Waals surface area contributed by atoms with Gasteiger partial charge in [0.1, 0.15) is 22.5 Å². The number of oxazole rings is 2. The summed E-state index contributed by atoms with van der Waals surface area (Å²) < 4.78 is 27.9. The van der Waals surface area contributed by atoms with Crippen LogP contribution in [0.4, 0.5) is 11.9 Å². The lowest BCUT2D eigenvalue weighted by Gasteiger charge is -2.41. The average Bonchev–Trinajstić information content (AvgIpc) is 3.94. The Hall–Kier alpha value is -7.02. The van der Waals surface area contributed by atoms with Crippen molar-refractivity contribution >= 4 is 57.6 Å². The molecule has 1 spiro atoms. The number of nitrogens with zero attached hydrogens (tertiary/aromatic N) is 6. The first-order valence-corrected chi connectivity index (χ1v) is 18.7. The number of nitrogens with two attached hydrogens (primary N) is 2. The molecule has 2 aromatic carbocycles. The molecule has 1 fully saturated rings. The molecule has 1 saturated heterocycles. The van der Waals surface area contributed by atoms with Gasteiger partial charge in [-0.15, -0.1) is 0 Å². The zero-order chi connectivity index (χ0) is 40.9. The van der Waals surface area contributed by atoms with Crippen LogP contribution in [0.2, 0.25) is 0 Å². The molecule has 4 amide bonds.